The first-order valence-electron chi connectivity index (χ1n) is 11.2. The minimum absolute atomic E-state index is 0.396. The smallest absolute Gasteiger partial charge is 0.266 e. The summed E-state index contributed by atoms with van der Waals surface area (Å²) in [6.07, 6.45) is 5.55. The fraction of sp³-hybridized carbons (Fsp3) is 0.296. The number of nitriles is 1. The number of aryl methyl sites for hydroxylation is 3. The second-order valence-corrected chi connectivity index (χ2v) is 9.13. The van der Waals surface area contributed by atoms with E-state index in [-0.39, 0.29) is 0 Å². The molecular formula is C27H26N2O2S. The Kier molecular flexibility index (Phi) is 6.53. The lowest BCUT2D eigenvalue weighted by Gasteiger charge is -2.20. The number of nitrogens with zero attached hydrogens (tertiary/aromatic N) is 2. The van der Waals surface area contributed by atoms with Crippen LogP contribution in [0.3, 0.4) is 0 Å². The molecule has 2 amide bonds. The first-order valence-corrected chi connectivity index (χ1v) is 12.0. The van der Waals surface area contributed by atoms with Crippen molar-refractivity contribution in [2.45, 2.75) is 52.4 Å². The molecule has 162 valence electrons. The zero-order chi connectivity index (χ0) is 22.7. The van der Waals surface area contributed by atoms with Crippen molar-refractivity contribution in [3.63, 3.8) is 0 Å². The molecule has 1 heterocycles. The molecule has 5 heteroatoms. The number of fused-ring (bicyclic) bond motifs is 1. The van der Waals surface area contributed by atoms with Gasteiger partial charge in [-0.1, -0.05) is 38.1 Å². The Morgan fingerprint density at radius 1 is 0.875 bits per heavy atom. The highest BCUT2D eigenvalue weighted by Gasteiger charge is 2.32. The Hall–Kier alpha value is -3.23. The van der Waals surface area contributed by atoms with Gasteiger partial charge in [-0.2, -0.15) is 5.26 Å². The predicted octanol–water partition coefficient (Wildman–Crippen LogP) is 6.11. The number of imide groups is 1. The van der Waals surface area contributed by atoms with E-state index in [0.29, 0.717) is 21.7 Å². The molecule has 0 N–H and O–H groups in total. The van der Waals surface area contributed by atoms with Crippen LogP contribution in [0.4, 0.5) is 5.00 Å². The van der Waals surface area contributed by atoms with Crippen molar-refractivity contribution in [1.82, 2.24) is 0 Å². The number of hydrogen-bond donors (Lipinski definition) is 0. The van der Waals surface area contributed by atoms with Gasteiger partial charge >= 0.3 is 0 Å². The molecule has 3 aromatic rings. The summed E-state index contributed by atoms with van der Waals surface area (Å²) in [4.78, 5) is 29.7. The Labute approximate surface area is 193 Å². The van der Waals surface area contributed by atoms with Gasteiger partial charge in [0.25, 0.3) is 11.8 Å². The van der Waals surface area contributed by atoms with Gasteiger partial charge < -0.3 is 0 Å². The molecule has 1 aliphatic carbocycles. The highest BCUT2D eigenvalue weighted by Crippen LogP contribution is 2.41. The molecule has 0 saturated heterocycles. The summed E-state index contributed by atoms with van der Waals surface area (Å²) in [5.74, 6) is -0.792. The lowest BCUT2D eigenvalue weighted by Crippen LogP contribution is -2.37. The Morgan fingerprint density at radius 2 is 1.38 bits per heavy atom. The second kappa shape index (κ2) is 9.50. The van der Waals surface area contributed by atoms with E-state index in [2.05, 4.69) is 19.9 Å². The van der Waals surface area contributed by atoms with Gasteiger partial charge in [-0.05, 0) is 79.5 Å². The summed E-state index contributed by atoms with van der Waals surface area (Å²) in [6.45, 7) is 4.12. The standard InChI is InChI=1S/C27H26N2O2S/c1-3-18-9-13-20(14-10-18)25(30)29(26(31)21-15-11-19(4-2)12-16-21)27-23(17-28)22-7-5-6-8-24(22)32-27/h9-16H,3-8H2,1-2H3. The van der Waals surface area contributed by atoms with E-state index < -0.39 is 11.8 Å². The van der Waals surface area contributed by atoms with E-state index in [1.165, 1.54) is 16.2 Å². The van der Waals surface area contributed by atoms with E-state index >= 15 is 0 Å². The number of carbonyl (C=O) groups is 2. The maximum absolute atomic E-state index is 13.7. The van der Waals surface area contributed by atoms with Gasteiger partial charge in [0.1, 0.15) is 11.1 Å². The van der Waals surface area contributed by atoms with Crippen LogP contribution in [0.2, 0.25) is 0 Å². The molecule has 32 heavy (non-hydrogen) atoms. The van der Waals surface area contributed by atoms with Gasteiger partial charge in [-0.25, -0.2) is 4.90 Å². The Balaban J connectivity index is 1.82. The van der Waals surface area contributed by atoms with Gasteiger partial charge in [0.05, 0.1) is 5.56 Å². The molecule has 0 bridgehead atoms. The number of anilines is 1. The molecule has 0 radical (unpaired) electrons. The number of amides is 2. The molecule has 0 atom stereocenters. The normalized spacial score (nSPS) is 12.7. The van der Waals surface area contributed by atoms with Crippen LogP contribution in [0.5, 0.6) is 0 Å². The van der Waals surface area contributed by atoms with Gasteiger partial charge in [0, 0.05) is 16.0 Å². The molecule has 0 spiro atoms. The molecule has 1 aliphatic rings. The molecule has 2 aromatic carbocycles. The summed E-state index contributed by atoms with van der Waals surface area (Å²) in [6, 6.07) is 17.0. The van der Waals surface area contributed by atoms with Crippen LogP contribution < -0.4 is 4.90 Å². The average Bonchev–Trinajstić information content (AvgIpc) is 3.22. The quantitative estimate of drug-likeness (QED) is 0.448. The Bertz CT molecular complexity index is 1120. The summed E-state index contributed by atoms with van der Waals surface area (Å²) < 4.78 is 0. The largest absolute Gasteiger partial charge is 0.268 e. The van der Waals surface area contributed by atoms with Gasteiger partial charge in [-0.15, -0.1) is 11.3 Å². The van der Waals surface area contributed by atoms with Crippen LogP contribution in [0, 0.1) is 11.3 Å². The number of thiophene rings is 1. The number of rotatable bonds is 5. The summed E-state index contributed by atoms with van der Waals surface area (Å²) in [5, 5.41) is 10.4. The fourth-order valence-corrected chi connectivity index (χ4v) is 5.46. The third-order valence-corrected chi connectivity index (χ3v) is 7.37. The molecule has 0 fully saturated rings. The minimum Gasteiger partial charge on any atom is -0.268 e. The van der Waals surface area contributed by atoms with Gasteiger partial charge in [0.15, 0.2) is 0 Å². The SMILES string of the molecule is CCc1ccc(C(=O)N(C(=O)c2ccc(CC)cc2)c2sc3c(c2C#N)CCCC3)cc1. The number of benzene rings is 2. The van der Waals surface area contributed by atoms with Gasteiger partial charge in [-0.3, -0.25) is 9.59 Å². The van der Waals surface area contributed by atoms with Crippen LogP contribution in [-0.2, 0) is 25.7 Å². The molecule has 0 aliphatic heterocycles. The highest BCUT2D eigenvalue weighted by molar-refractivity contribution is 7.17. The fourth-order valence-electron chi connectivity index (χ4n) is 4.13. The van der Waals surface area contributed by atoms with Crippen LogP contribution in [0.25, 0.3) is 0 Å². The van der Waals surface area contributed by atoms with Crippen molar-refractivity contribution in [2.24, 2.45) is 0 Å². The van der Waals surface area contributed by atoms with Crippen LogP contribution in [-0.4, -0.2) is 11.8 Å². The van der Waals surface area contributed by atoms with Crippen molar-refractivity contribution in [3.8, 4) is 6.07 Å². The minimum atomic E-state index is -0.396. The lowest BCUT2D eigenvalue weighted by atomic mass is 9.96. The average molecular weight is 443 g/mol. The highest BCUT2D eigenvalue weighted by atomic mass is 32.1. The van der Waals surface area contributed by atoms with Crippen LogP contribution in [0.15, 0.2) is 48.5 Å². The Morgan fingerprint density at radius 3 is 1.84 bits per heavy atom. The lowest BCUT2D eigenvalue weighted by molar-refractivity contribution is 0.0898. The van der Waals surface area contributed by atoms with Crippen LogP contribution in [0.1, 0.15) is 74.5 Å². The summed E-state index contributed by atoms with van der Waals surface area (Å²) in [7, 11) is 0. The van der Waals surface area contributed by atoms with Crippen molar-refractivity contribution < 1.29 is 9.59 Å². The topological polar surface area (TPSA) is 61.2 Å². The summed E-state index contributed by atoms with van der Waals surface area (Å²) >= 11 is 1.42. The van der Waals surface area contributed by atoms with Crippen molar-refractivity contribution in [1.29, 1.82) is 5.26 Å². The third-order valence-electron chi connectivity index (χ3n) is 6.09. The molecule has 0 unspecified atom stereocenters. The predicted molar refractivity (Wildman–Crippen MR) is 128 cm³/mol. The first-order chi connectivity index (χ1) is 15.6. The zero-order valence-corrected chi connectivity index (χ0v) is 19.3. The third kappa shape index (κ3) is 4.11. The first kappa shape index (κ1) is 22.0. The van der Waals surface area contributed by atoms with E-state index in [1.807, 2.05) is 24.3 Å². The molecule has 4 rings (SSSR count). The zero-order valence-electron chi connectivity index (χ0n) is 18.5. The maximum Gasteiger partial charge on any atom is 0.266 e. The second-order valence-electron chi connectivity index (χ2n) is 8.05. The van der Waals surface area contributed by atoms with Crippen LogP contribution >= 0.6 is 11.3 Å². The maximum atomic E-state index is 13.7. The molecule has 1 aromatic heterocycles. The molecule has 4 nitrogen and oxygen atoms in total. The monoisotopic (exact) mass is 442 g/mol. The van der Waals surface area contributed by atoms with E-state index in [0.717, 1.165) is 60.1 Å². The molecular weight excluding hydrogens is 416 g/mol. The van der Waals surface area contributed by atoms with Gasteiger partial charge in [0.2, 0.25) is 0 Å². The summed E-state index contributed by atoms with van der Waals surface area (Å²) in [5.41, 5.74) is 4.61. The van der Waals surface area contributed by atoms with E-state index in [1.54, 1.807) is 24.3 Å². The van der Waals surface area contributed by atoms with Crippen molar-refractivity contribution in [2.75, 3.05) is 4.90 Å². The van der Waals surface area contributed by atoms with Crippen molar-refractivity contribution >= 4 is 28.2 Å². The van der Waals surface area contributed by atoms with E-state index in [9.17, 15) is 14.9 Å². The molecule has 0 saturated carbocycles. The number of carbonyl (C=O) groups excluding carboxylic acids is 2. The number of hydrogen-bond acceptors (Lipinski definition) is 4. The van der Waals surface area contributed by atoms with Crippen molar-refractivity contribution in [3.05, 3.63) is 86.8 Å². The van der Waals surface area contributed by atoms with E-state index in [4.69, 9.17) is 0 Å².